The largest absolute Gasteiger partial charge is 0.378 e. The van der Waals surface area contributed by atoms with Crippen LogP contribution >= 0.6 is 11.6 Å². The van der Waals surface area contributed by atoms with Crippen LogP contribution in [-0.4, -0.2) is 24.8 Å². The summed E-state index contributed by atoms with van der Waals surface area (Å²) in [5.41, 5.74) is 6.86. The number of nitrogens with one attached hydrogen (secondary N) is 1. The van der Waals surface area contributed by atoms with Gasteiger partial charge in [0.25, 0.3) is 0 Å². The lowest BCUT2D eigenvalue weighted by atomic mass is 9.85. The predicted octanol–water partition coefficient (Wildman–Crippen LogP) is 3.04. The van der Waals surface area contributed by atoms with E-state index in [2.05, 4.69) is 12.2 Å². The van der Waals surface area contributed by atoms with Gasteiger partial charge >= 0.3 is 0 Å². The van der Waals surface area contributed by atoms with Crippen LogP contribution in [0.15, 0.2) is 24.3 Å². The molecular weight excluding hydrogens is 248 g/mol. The molecule has 1 fully saturated rings. The van der Waals surface area contributed by atoms with Crippen LogP contribution in [0.25, 0.3) is 0 Å². The molecule has 4 heteroatoms. The molecule has 0 aliphatic carbocycles. The number of benzene rings is 1. The average Bonchev–Trinajstić information content (AvgIpc) is 2.42. The SMILES string of the molecule is CCC1CC(CN)(Nc2ccccc2Cl)CCO1. The Labute approximate surface area is 114 Å². The third kappa shape index (κ3) is 2.97. The molecule has 1 aromatic carbocycles. The van der Waals surface area contributed by atoms with Gasteiger partial charge < -0.3 is 15.8 Å². The van der Waals surface area contributed by atoms with Crippen LogP contribution in [0.3, 0.4) is 0 Å². The van der Waals surface area contributed by atoms with Crippen LogP contribution in [0.5, 0.6) is 0 Å². The Bertz CT molecular complexity index is 399. The highest BCUT2D eigenvalue weighted by atomic mass is 35.5. The van der Waals surface area contributed by atoms with E-state index >= 15 is 0 Å². The highest BCUT2D eigenvalue weighted by Crippen LogP contribution is 2.32. The Hall–Kier alpha value is -0.770. The minimum atomic E-state index is -0.0933. The molecule has 1 aliphatic rings. The number of hydrogen-bond acceptors (Lipinski definition) is 3. The first-order valence-corrected chi connectivity index (χ1v) is 6.91. The maximum absolute atomic E-state index is 6.20. The van der Waals surface area contributed by atoms with Crippen molar-refractivity contribution in [2.24, 2.45) is 5.73 Å². The summed E-state index contributed by atoms with van der Waals surface area (Å²) in [5, 5.41) is 4.28. The monoisotopic (exact) mass is 268 g/mol. The minimum absolute atomic E-state index is 0.0933. The summed E-state index contributed by atoms with van der Waals surface area (Å²) in [6, 6.07) is 7.80. The van der Waals surface area contributed by atoms with Crippen molar-refractivity contribution in [2.45, 2.75) is 37.8 Å². The van der Waals surface area contributed by atoms with E-state index in [0.717, 1.165) is 36.6 Å². The quantitative estimate of drug-likeness (QED) is 0.882. The Balaban J connectivity index is 2.15. The molecular formula is C14H21ClN2O. The van der Waals surface area contributed by atoms with E-state index in [9.17, 15) is 0 Å². The van der Waals surface area contributed by atoms with Crippen molar-refractivity contribution in [3.63, 3.8) is 0 Å². The van der Waals surface area contributed by atoms with Gasteiger partial charge in [-0.3, -0.25) is 0 Å². The van der Waals surface area contributed by atoms with Gasteiger partial charge in [-0.15, -0.1) is 0 Å². The second kappa shape index (κ2) is 5.91. The molecule has 2 unspecified atom stereocenters. The van der Waals surface area contributed by atoms with Crippen LogP contribution in [0.2, 0.25) is 5.02 Å². The van der Waals surface area contributed by atoms with Crippen molar-refractivity contribution < 1.29 is 4.74 Å². The van der Waals surface area contributed by atoms with Gasteiger partial charge in [0.2, 0.25) is 0 Å². The summed E-state index contributed by atoms with van der Waals surface area (Å²) < 4.78 is 5.72. The van der Waals surface area contributed by atoms with E-state index in [1.54, 1.807) is 0 Å². The zero-order valence-electron chi connectivity index (χ0n) is 10.8. The van der Waals surface area contributed by atoms with Crippen molar-refractivity contribution in [2.75, 3.05) is 18.5 Å². The molecule has 0 amide bonds. The van der Waals surface area contributed by atoms with Gasteiger partial charge in [0.05, 0.1) is 22.4 Å². The lowest BCUT2D eigenvalue weighted by Gasteiger charge is -2.41. The summed E-state index contributed by atoms with van der Waals surface area (Å²) >= 11 is 6.20. The zero-order chi connectivity index (χ0) is 13.0. The number of para-hydroxylation sites is 1. The molecule has 1 aromatic rings. The molecule has 1 aliphatic heterocycles. The van der Waals surface area contributed by atoms with Crippen LogP contribution in [0.4, 0.5) is 5.69 Å². The molecule has 18 heavy (non-hydrogen) atoms. The summed E-state index contributed by atoms with van der Waals surface area (Å²) in [6.07, 6.45) is 3.17. The van der Waals surface area contributed by atoms with Gasteiger partial charge in [-0.05, 0) is 31.4 Å². The molecule has 0 saturated carbocycles. The number of rotatable bonds is 4. The molecule has 0 aromatic heterocycles. The number of anilines is 1. The first-order chi connectivity index (χ1) is 8.69. The zero-order valence-corrected chi connectivity index (χ0v) is 11.5. The Morgan fingerprint density at radius 1 is 1.50 bits per heavy atom. The minimum Gasteiger partial charge on any atom is -0.378 e. The standard InChI is InChI=1S/C14H21ClN2O/c1-2-11-9-14(10-16,7-8-18-11)17-13-6-4-3-5-12(13)15/h3-6,11,17H,2,7-10,16H2,1H3. The summed E-state index contributed by atoms with van der Waals surface area (Å²) in [5.74, 6) is 0. The van der Waals surface area contributed by atoms with Crippen LogP contribution < -0.4 is 11.1 Å². The number of halogens is 1. The highest BCUT2D eigenvalue weighted by Gasteiger charge is 2.35. The Morgan fingerprint density at radius 2 is 2.28 bits per heavy atom. The van der Waals surface area contributed by atoms with Crippen LogP contribution in [0.1, 0.15) is 26.2 Å². The molecule has 3 nitrogen and oxygen atoms in total. The Morgan fingerprint density at radius 3 is 2.94 bits per heavy atom. The van der Waals surface area contributed by atoms with Gasteiger partial charge in [-0.1, -0.05) is 30.7 Å². The normalized spacial score (nSPS) is 28.1. The third-order valence-corrected chi connectivity index (χ3v) is 4.00. The maximum Gasteiger partial charge on any atom is 0.0637 e. The summed E-state index contributed by atoms with van der Waals surface area (Å²) in [7, 11) is 0. The molecule has 2 atom stereocenters. The van der Waals surface area contributed by atoms with E-state index in [0.29, 0.717) is 6.54 Å². The molecule has 0 spiro atoms. The van der Waals surface area contributed by atoms with E-state index < -0.39 is 0 Å². The van der Waals surface area contributed by atoms with E-state index in [1.165, 1.54) is 0 Å². The molecule has 1 saturated heterocycles. The highest BCUT2D eigenvalue weighted by molar-refractivity contribution is 6.33. The van der Waals surface area contributed by atoms with Gasteiger partial charge in [-0.25, -0.2) is 0 Å². The van der Waals surface area contributed by atoms with Crippen molar-refractivity contribution in [1.29, 1.82) is 0 Å². The molecule has 0 bridgehead atoms. The molecule has 0 radical (unpaired) electrons. The number of nitrogens with two attached hydrogens (primary N) is 1. The van der Waals surface area contributed by atoms with Gasteiger partial charge in [0.15, 0.2) is 0 Å². The van der Waals surface area contributed by atoms with Gasteiger partial charge in [-0.2, -0.15) is 0 Å². The molecule has 100 valence electrons. The first kappa shape index (κ1) is 13.7. The van der Waals surface area contributed by atoms with E-state index in [1.807, 2.05) is 24.3 Å². The molecule has 2 rings (SSSR count). The van der Waals surface area contributed by atoms with Crippen LogP contribution in [0, 0.1) is 0 Å². The smallest absolute Gasteiger partial charge is 0.0637 e. The number of hydrogen-bond donors (Lipinski definition) is 2. The fourth-order valence-corrected chi connectivity index (χ4v) is 2.66. The van der Waals surface area contributed by atoms with E-state index in [4.69, 9.17) is 22.1 Å². The van der Waals surface area contributed by atoms with Crippen molar-refractivity contribution in [1.82, 2.24) is 0 Å². The van der Waals surface area contributed by atoms with E-state index in [-0.39, 0.29) is 11.6 Å². The lowest BCUT2D eigenvalue weighted by molar-refractivity contribution is -0.0125. The predicted molar refractivity (Wildman–Crippen MR) is 76.1 cm³/mol. The Kier molecular flexibility index (Phi) is 4.49. The average molecular weight is 269 g/mol. The second-order valence-electron chi connectivity index (χ2n) is 4.94. The maximum atomic E-state index is 6.20. The first-order valence-electron chi connectivity index (χ1n) is 6.53. The fraction of sp³-hybridized carbons (Fsp3) is 0.571. The second-order valence-corrected chi connectivity index (χ2v) is 5.35. The molecule has 3 N–H and O–H groups in total. The number of ether oxygens (including phenoxy) is 1. The summed E-state index contributed by atoms with van der Waals surface area (Å²) in [6.45, 7) is 3.50. The lowest BCUT2D eigenvalue weighted by Crippen LogP contribution is -2.52. The van der Waals surface area contributed by atoms with Gasteiger partial charge in [0.1, 0.15) is 0 Å². The summed E-state index contributed by atoms with van der Waals surface area (Å²) in [4.78, 5) is 0. The third-order valence-electron chi connectivity index (χ3n) is 3.67. The topological polar surface area (TPSA) is 47.3 Å². The van der Waals surface area contributed by atoms with Crippen molar-refractivity contribution >= 4 is 17.3 Å². The molecule has 1 heterocycles. The van der Waals surface area contributed by atoms with Crippen LogP contribution in [-0.2, 0) is 4.74 Å². The fourth-order valence-electron chi connectivity index (χ4n) is 2.48. The van der Waals surface area contributed by atoms with Crippen molar-refractivity contribution in [3.8, 4) is 0 Å². The van der Waals surface area contributed by atoms with Gasteiger partial charge in [0, 0.05) is 13.2 Å². The van der Waals surface area contributed by atoms with Crippen molar-refractivity contribution in [3.05, 3.63) is 29.3 Å².